The van der Waals surface area contributed by atoms with Crippen molar-refractivity contribution < 1.29 is 0 Å². The van der Waals surface area contributed by atoms with Crippen molar-refractivity contribution in [1.29, 1.82) is 0 Å². The van der Waals surface area contributed by atoms with Gasteiger partial charge in [0.15, 0.2) is 0 Å². The van der Waals surface area contributed by atoms with Gasteiger partial charge in [0.1, 0.15) is 0 Å². The van der Waals surface area contributed by atoms with Gasteiger partial charge in [-0.25, -0.2) is 0 Å². The Labute approximate surface area is 179 Å². The first-order valence-electron chi connectivity index (χ1n) is 11.0. The average Bonchev–Trinajstić information content (AvgIpc) is 2.83. The summed E-state index contributed by atoms with van der Waals surface area (Å²) >= 11 is 0. The molecule has 0 atom stereocenters. The number of benzene rings is 8. The summed E-state index contributed by atoms with van der Waals surface area (Å²) in [4.78, 5) is 0. The van der Waals surface area contributed by atoms with Gasteiger partial charge in [-0.2, -0.15) is 0 Å². The van der Waals surface area contributed by atoms with Gasteiger partial charge < -0.3 is 0 Å². The van der Waals surface area contributed by atoms with Crippen LogP contribution in [0.2, 0.25) is 0 Å². The Hall–Kier alpha value is -3.90. The smallest absolute Gasteiger partial charge is 0.00110 e. The van der Waals surface area contributed by atoms with E-state index in [1.807, 2.05) is 0 Å². The SMILES string of the molecule is c1ccc(Cc2cc3ccc4ccc5ccc6ccc7ccc2c2c7c6c5c4c32)cc1. The largest absolute Gasteiger partial charge is 0.0622 e. The Morgan fingerprint density at radius 1 is 0.387 bits per heavy atom. The predicted octanol–water partition coefficient (Wildman–Crippen LogP) is 8.51. The number of hydrogen-bond acceptors (Lipinski definition) is 0. The third-order valence-electron chi connectivity index (χ3n) is 7.33. The topological polar surface area (TPSA) is 0 Å². The maximum Gasteiger partial charge on any atom is -0.00110 e. The van der Waals surface area contributed by atoms with Crippen LogP contribution in [-0.4, -0.2) is 0 Å². The zero-order chi connectivity index (χ0) is 20.1. The quantitative estimate of drug-likeness (QED) is 0.205. The average molecular weight is 390 g/mol. The number of rotatable bonds is 2. The molecule has 0 nitrogen and oxygen atoms in total. The third-order valence-corrected chi connectivity index (χ3v) is 7.33. The molecule has 0 fully saturated rings. The minimum atomic E-state index is 0.957. The molecule has 0 radical (unpaired) electrons. The molecular formula is C31H18. The summed E-state index contributed by atoms with van der Waals surface area (Å²) in [5.74, 6) is 0. The summed E-state index contributed by atoms with van der Waals surface area (Å²) in [5.41, 5.74) is 2.78. The van der Waals surface area contributed by atoms with Gasteiger partial charge in [0.05, 0.1) is 0 Å². The van der Waals surface area contributed by atoms with E-state index >= 15 is 0 Å². The van der Waals surface area contributed by atoms with Crippen LogP contribution in [0.15, 0.2) is 97.1 Å². The van der Waals surface area contributed by atoms with Crippen molar-refractivity contribution in [3.63, 3.8) is 0 Å². The highest BCUT2D eigenvalue weighted by Gasteiger charge is 2.21. The van der Waals surface area contributed by atoms with Gasteiger partial charge in [0.25, 0.3) is 0 Å². The third kappa shape index (κ3) is 1.91. The Bertz CT molecular complexity index is 1830. The highest BCUT2D eigenvalue weighted by Crippen LogP contribution is 2.48. The maximum absolute atomic E-state index is 2.43. The fraction of sp³-hybridized carbons (Fsp3) is 0.0323. The van der Waals surface area contributed by atoms with E-state index in [1.165, 1.54) is 75.8 Å². The van der Waals surface area contributed by atoms with E-state index in [2.05, 4.69) is 97.1 Å². The molecule has 0 aliphatic carbocycles. The van der Waals surface area contributed by atoms with Crippen molar-refractivity contribution in [2.75, 3.05) is 0 Å². The standard InChI is InChI=1S/C31H18/c1-2-4-18(5-3-1)16-24-17-23-13-12-21-9-7-19-6-8-20-10-11-22-14-15-25(24)31-29(22)27(20)26(19)28(21)30(23)31/h1-15,17H,16H2. The molecular weight excluding hydrogens is 372 g/mol. The van der Waals surface area contributed by atoms with Crippen molar-refractivity contribution in [3.8, 4) is 0 Å². The van der Waals surface area contributed by atoms with Crippen LogP contribution in [-0.2, 0) is 6.42 Å². The minimum Gasteiger partial charge on any atom is -0.0622 e. The van der Waals surface area contributed by atoms with Gasteiger partial charge in [-0.3, -0.25) is 0 Å². The van der Waals surface area contributed by atoms with E-state index in [9.17, 15) is 0 Å². The zero-order valence-electron chi connectivity index (χ0n) is 16.9. The van der Waals surface area contributed by atoms with Crippen molar-refractivity contribution in [2.24, 2.45) is 0 Å². The second-order valence-corrected chi connectivity index (χ2v) is 8.94. The molecule has 0 aromatic heterocycles. The normalized spacial score (nSPS) is 12.6. The van der Waals surface area contributed by atoms with Gasteiger partial charge in [-0.05, 0) is 82.2 Å². The first-order chi connectivity index (χ1) is 15.4. The van der Waals surface area contributed by atoms with Crippen LogP contribution >= 0.6 is 0 Å². The van der Waals surface area contributed by atoms with Crippen molar-refractivity contribution in [1.82, 2.24) is 0 Å². The van der Waals surface area contributed by atoms with Crippen LogP contribution in [0.4, 0.5) is 0 Å². The maximum atomic E-state index is 2.43. The van der Waals surface area contributed by atoms with E-state index in [-0.39, 0.29) is 0 Å². The summed E-state index contributed by atoms with van der Waals surface area (Å²) in [7, 11) is 0. The Kier molecular flexibility index (Phi) is 2.77. The lowest BCUT2D eigenvalue weighted by atomic mass is 9.81. The lowest BCUT2D eigenvalue weighted by Gasteiger charge is -2.22. The van der Waals surface area contributed by atoms with Gasteiger partial charge in [0.2, 0.25) is 0 Å². The summed E-state index contributed by atoms with van der Waals surface area (Å²) < 4.78 is 0. The van der Waals surface area contributed by atoms with Crippen LogP contribution in [0.25, 0.3) is 64.6 Å². The highest BCUT2D eigenvalue weighted by atomic mass is 14.2. The number of hydrogen-bond donors (Lipinski definition) is 0. The molecule has 0 N–H and O–H groups in total. The molecule has 31 heavy (non-hydrogen) atoms. The van der Waals surface area contributed by atoms with Crippen molar-refractivity contribution >= 4 is 64.6 Å². The Balaban J connectivity index is 1.68. The van der Waals surface area contributed by atoms with Crippen LogP contribution in [0, 0.1) is 0 Å². The van der Waals surface area contributed by atoms with E-state index in [1.54, 1.807) is 0 Å². The first-order valence-corrected chi connectivity index (χ1v) is 11.0. The summed E-state index contributed by atoms with van der Waals surface area (Å²) in [6.07, 6.45) is 0.957. The van der Waals surface area contributed by atoms with E-state index in [0.29, 0.717) is 0 Å². The highest BCUT2D eigenvalue weighted by molar-refractivity contribution is 6.44. The van der Waals surface area contributed by atoms with Crippen LogP contribution in [0.5, 0.6) is 0 Å². The van der Waals surface area contributed by atoms with E-state index in [0.717, 1.165) is 6.42 Å². The molecule has 0 heterocycles. The fourth-order valence-corrected chi connectivity index (χ4v) is 6.02. The molecule has 0 spiro atoms. The molecule has 142 valence electrons. The minimum absolute atomic E-state index is 0.957. The molecule has 0 saturated heterocycles. The lowest BCUT2D eigenvalue weighted by Crippen LogP contribution is -1.96. The lowest BCUT2D eigenvalue weighted by molar-refractivity contribution is 1.22. The molecule has 0 aliphatic heterocycles. The monoisotopic (exact) mass is 390 g/mol. The van der Waals surface area contributed by atoms with E-state index < -0.39 is 0 Å². The molecule has 0 amide bonds. The van der Waals surface area contributed by atoms with Crippen LogP contribution < -0.4 is 0 Å². The molecule has 0 saturated carbocycles. The first kappa shape index (κ1) is 15.9. The molecule has 0 aliphatic rings. The second kappa shape index (κ2) is 5.42. The van der Waals surface area contributed by atoms with Crippen LogP contribution in [0.1, 0.15) is 11.1 Å². The summed E-state index contributed by atoms with van der Waals surface area (Å²) in [6.45, 7) is 0. The Morgan fingerprint density at radius 3 is 1.42 bits per heavy atom. The Morgan fingerprint density at radius 2 is 0.839 bits per heavy atom. The van der Waals surface area contributed by atoms with Crippen LogP contribution in [0.3, 0.4) is 0 Å². The predicted molar refractivity (Wildman–Crippen MR) is 134 cm³/mol. The van der Waals surface area contributed by atoms with Gasteiger partial charge in [0, 0.05) is 0 Å². The molecule has 8 aromatic carbocycles. The van der Waals surface area contributed by atoms with Crippen molar-refractivity contribution in [3.05, 3.63) is 108 Å². The molecule has 0 bridgehead atoms. The van der Waals surface area contributed by atoms with Crippen molar-refractivity contribution in [2.45, 2.75) is 6.42 Å². The molecule has 8 aromatic rings. The van der Waals surface area contributed by atoms with Gasteiger partial charge in [-0.15, -0.1) is 0 Å². The fourth-order valence-electron chi connectivity index (χ4n) is 6.02. The zero-order valence-corrected chi connectivity index (χ0v) is 16.9. The molecule has 8 rings (SSSR count). The summed E-state index contributed by atoms with van der Waals surface area (Å²) in [5, 5.41) is 16.8. The second-order valence-electron chi connectivity index (χ2n) is 8.94. The molecule has 0 heteroatoms. The molecule has 0 unspecified atom stereocenters. The van der Waals surface area contributed by atoms with Gasteiger partial charge >= 0.3 is 0 Å². The van der Waals surface area contributed by atoms with E-state index in [4.69, 9.17) is 0 Å². The van der Waals surface area contributed by atoms with Gasteiger partial charge in [-0.1, -0.05) is 97.1 Å². The summed E-state index contributed by atoms with van der Waals surface area (Å²) in [6, 6.07) is 36.3.